The van der Waals surface area contributed by atoms with Gasteiger partial charge in [-0.25, -0.2) is 0 Å². The number of thioether (sulfide) groups is 1. The van der Waals surface area contributed by atoms with Crippen LogP contribution in [0.25, 0.3) is 0 Å². The van der Waals surface area contributed by atoms with Crippen LogP contribution in [0.3, 0.4) is 0 Å². The Bertz CT molecular complexity index is 165. The van der Waals surface area contributed by atoms with Gasteiger partial charge >= 0.3 is 0 Å². The highest BCUT2D eigenvalue weighted by Gasteiger charge is 2.19. The summed E-state index contributed by atoms with van der Waals surface area (Å²) in [5, 5.41) is 1.87. The van der Waals surface area contributed by atoms with Crippen LogP contribution >= 0.6 is 11.8 Å². The summed E-state index contributed by atoms with van der Waals surface area (Å²) < 4.78 is 0. The van der Waals surface area contributed by atoms with Crippen molar-refractivity contribution >= 4 is 16.9 Å². The zero-order chi connectivity index (χ0) is 8.43. The fraction of sp³-hybridized carbons (Fsp3) is 0.875. The van der Waals surface area contributed by atoms with E-state index in [0.717, 1.165) is 6.54 Å². The average molecular weight is 172 g/mol. The van der Waals surface area contributed by atoms with Gasteiger partial charge < -0.3 is 4.90 Å². The van der Waals surface area contributed by atoms with Crippen molar-refractivity contribution in [2.75, 3.05) is 13.6 Å². The van der Waals surface area contributed by atoms with Gasteiger partial charge in [0.25, 0.3) is 0 Å². The van der Waals surface area contributed by atoms with Crippen LogP contribution in [0.2, 0.25) is 0 Å². The summed E-state index contributed by atoms with van der Waals surface area (Å²) in [6, 6.07) is 0.562. The van der Waals surface area contributed by atoms with Gasteiger partial charge in [0.2, 0.25) is 0 Å². The lowest BCUT2D eigenvalue weighted by molar-refractivity contribution is 0.425. The quantitative estimate of drug-likeness (QED) is 0.599. The molecule has 1 atom stereocenters. The Morgan fingerprint density at radius 1 is 1.64 bits per heavy atom. The van der Waals surface area contributed by atoms with Crippen LogP contribution in [0.4, 0.5) is 0 Å². The van der Waals surface area contributed by atoms with E-state index < -0.39 is 0 Å². The maximum Gasteiger partial charge on any atom is 0.159 e. The Hall–Kier alpha value is -0.180. The lowest BCUT2D eigenvalue weighted by Gasteiger charge is -2.22. The Morgan fingerprint density at radius 2 is 2.27 bits per heavy atom. The van der Waals surface area contributed by atoms with Crippen LogP contribution in [0, 0.1) is 0 Å². The van der Waals surface area contributed by atoms with Gasteiger partial charge in [-0.05, 0) is 13.8 Å². The number of hydrogen-bond acceptors (Lipinski definition) is 3. The van der Waals surface area contributed by atoms with E-state index in [1.165, 1.54) is 5.17 Å². The molecule has 0 bridgehead atoms. The monoisotopic (exact) mass is 172 g/mol. The maximum atomic E-state index is 4.44. The predicted molar refractivity (Wildman–Crippen MR) is 52.3 cm³/mol. The summed E-state index contributed by atoms with van der Waals surface area (Å²) in [6.07, 6.45) is 0. The van der Waals surface area contributed by atoms with E-state index in [2.05, 4.69) is 37.7 Å². The molecule has 0 aromatic heterocycles. The second-order valence-corrected chi connectivity index (χ2v) is 4.66. The first kappa shape index (κ1) is 8.91. The van der Waals surface area contributed by atoms with Gasteiger partial charge in [-0.2, -0.15) is 0 Å². The molecular weight excluding hydrogens is 156 g/mol. The first-order chi connectivity index (χ1) is 5.11. The molecule has 0 saturated heterocycles. The van der Waals surface area contributed by atoms with E-state index in [-0.39, 0.29) is 0 Å². The van der Waals surface area contributed by atoms with Crippen LogP contribution in [-0.2, 0) is 0 Å². The molecule has 0 fully saturated rings. The minimum atomic E-state index is 0.562. The Balaban J connectivity index is 2.49. The van der Waals surface area contributed by atoms with Crippen molar-refractivity contribution in [2.45, 2.75) is 32.1 Å². The lowest BCUT2D eigenvalue weighted by atomic mass is 10.4. The maximum absolute atomic E-state index is 4.44. The Kier molecular flexibility index (Phi) is 2.82. The molecule has 0 N–H and O–H groups in total. The summed E-state index contributed by atoms with van der Waals surface area (Å²) in [5.41, 5.74) is 0. The topological polar surface area (TPSA) is 15.6 Å². The minimum Gasteiger partial charge on any atom is -0.352 e. The standard InChI is InChI=1S/C8H16N2S/c1-6(2)10(4)8-9-5-7(3)11-8/h6-7H,5H2,1-4H3. The van der Waals surface area contributed by atoms with Crippen molar-refractivity contribution in [2.24, 2.45) is 4.99 Å². The Morgan fingerprint density at radius 3 is 2.64 bits per heavy atom. The third kappa shape index (κ3) is 2.12. The van der Waals surface area contributed by atoms with E-state index in [0.29, 0.717) is 11.3 Å². The summed E-state index contributed by atoms with van der Waals surface area (Å²) in [4.78, 5) is 6.67. The smallest absolute Gasteiger partial charge is 0.159 e. The zero-order valence-corrected chi connectivity index (χ0v) is 8.48. The molecule has 1 rings (SSSR count). The van der Waals surface area contributed by atoms with Gasteiger partial charge in [-0.15, -0.1) is 0 Å². The highest BCUT2D eigenvalue weighted by atomic mass is 32.2. The predicted octanol–water partition coefficient (Wildman–Crippen LogP) is 1.82. The van der Waals surface area contributed by atoms with Crippen LogP contribution in [0.5, 0.6) is 0 Å². The van der Waals surface area contributed by atoms with Gasteiger partial charge in [-0.3, -0.25) is 4.99 Å². The summed E-state index contributed by atoms with van der Waals surface area (Å²) in [5.74, 6) is 0. The fourth-order valence-corrected chi connectivity index (χ4v) is 1.91. The van der Waals surface area contributed by atoms with Crippen molar-refractivity contribution < 1.29 is 0 Å². The molecule has 0 saturated carbocycles. The summed E-state index contributed by atoms with van der Waals surface area (Å²) >= 11 is 1.88. The molecule has 2 nitrogen and oxygen atoms in total. The molecule has 0 aliphatic carbocycles. The molecule has 1 aliphatic heterocycles. The molecule has 3 heteroatoms. The van der Waals surface area contributed by atoms with Gasteiger partial charge in [0.15, 0.2) is 5.17 Å². The largest absolute Gasteiger partial charge is 0.352 e. The van der Waals surface area contributed by atoms with E-state index in [1.54, 1.807) is 0 Å². The molecule has 1 heterocycles. The fourth-order valence-electron chi connectivity index (χ4n) is 0.877. The average Bonchev–Trinajstić information content (AvgIpc) is 2.34. The van der Waals surface area contributed by atoms with Crippen molar-refractivity contribution in [3.05, 3.63) is 0 Å². The van der Waals surface area contributed by atoms with E-state index in [1.807, 2.05) is 11.8 Å². The van der Waals surface area contributed by atoms with Gasteiger partial charge in [0, 0.05) is 18.3 Å². The third-order valence-electron chi connectivity index (χ3n) is 1.87. The molecule has 64 valence electrons. The van der Waals surface area contributed by atoms with Crippen molar-refractivity contribution in [1.82, 2.24) is 4.90 Å². The van der Waals surface area contributed by atoms with Gasteiger partial charge in [0.05, 0.1) is 6.54 Å². The van der Waals surface area contributed by atoms with Crippen LogP contribution in [0.15, 0.2) is 4.99 Å². The summed E-state index contributed by atoms with van der Waals surface area (Å²) in [7, 11) is 2.11. The second-order valence-electron chi connectivity index (χ2n) is 3.26. The highest BCUT2D eigenvalue weighted by molar-refractivity contribution is 8.14. The first-order valence-corrected chi connectivity index (χ1v) is 4.93. The molecule has 0 aromatic rings. The summed E-state index contributed by atoms with van der Waals surface area (Å²) in [6.45, 7) is 7.57. The zero-order valence-electron chi connectivity index (χ0n) is 7.66. The van der Waals surface area contributed by atoms with Crippen LogP contribution < -0.4 is 0 Å². The van der Waals surface area contributed by atoms with E-state index in [4.69, 9.17) is 0 Å². The van der Waals surface area contributed by atoms with Gasteiger partial charge in [0.1, 0.15) is 0 Å². The SMILES string of the molecule is CC1CN=C(N(C)C(C)C)S1. The molecule has 11 heavy (non-hydrogen) atoms. The van der Waals surface area contributed by atoms with E-state index >= 15 is 0 Å². The number of amidine groups is 1. The number of nitrogens with zero attached hydrogens (tertiary/aromatic N) is 2. The first-order valence-electron chi connectivity index (χ1n) is 4.05. The van der Waals surface area contributed by atoms with E-state index in [9.17, 15) is 0 Å². The molecule has 0 amide bonds. The van der Waals surface area contributed by atoms with Gasteiger partial charge in [-0.1, -0.05) is 18.7 Å². The molecule has 1 aliphatic rings. The minimum absolute atomic E-state index is 0.562. The highest BCUT2D eigenvalue weighted by Crippen LogP contribution is 2.22. The second kappa shape index (κ2) is 3.48. The molecule has 0 radical (unpaired) electrons. The number of rotatable bonds is 1. The molecule has 0 spiro atoms. The van der Waals surface area contributed by atoms with Crippen molar-refractivity contribution in [3.63, 3.8) is 0 Å². The van der Waals surface area contributed by atoms with Crippen molar-refractivity contribution in [1.29, 1.82) is 0 Å². The molecular formula is C8H16N2S. The molecule has 0 aromatic carbocycles. The normalized spacial score (nSPS) is 24.1. The Labute approximate surface area is 73.1 Å². The van der Waals surface area contributed by atoms with Crippen LogP contribution in [-0.4, -0.2) is 35.0 Å². The third-order valence-corrected chi connectivity index (χ3v) is 3.05. The molecule has 1 unspecified atom stereocenters. The lowest BCUT2D eigenvalue weighted by Crippen LogP contribution is -2.30. The number of hydrogen-bond donors (Lipinski definition) is 0. The van der Waals surface area contributed by atoms with Crippen molar-refractivity contribution in [3.8, 4) is 0 Å². The number of aliphatic imine (C=N–C) groups is 1. The van der Waals surface area contributed by atoms with Crippen LogP contribution in [0.1, 0.15) is 20.8 Å².